The smallest absolute Gasteiger partial charge is 0.315 e. The molecule has 2 aromatic rings. The summed E-state index contributed by atoms with van der Waals surface area (Å²) in [7, 11) is 0. The highest BCUT2D eigenvalue weighted by atomic mass is 79.9. The molecule has 0 unspecified atom stereocenters. The third kappa shape index (κ3) is 6.23. The molecule has 25 heavy (non-hydrogen) atoms. The summed E-state index contributed by atoms with van der Waals surface area (Å²) in [6.07, 6.45) is 0.923. The number of rotatable bonds is 7. The first-order valence-corrected chi connectivity index (χ1v) is 9.00. The molecule has 132 valence electrons. The normalized spacial score (nSPS) is 11.4. The number of benzene rings is 2. The first-order chi connectivity index (χ1) is 12.1. The zero-order valence-electron chi connectivity index (χ0n) is 14.1. The lowest BCUT2D eigenvalue weighted by molar-refractivity contribution is -0.115. The van der Waals surface area contributed by atoms with Crippen LogP contribution < -0.4 is 16.0 Å². The van der Waals surface area contributed by atoms with Gasteiger partial charge in [-0.2, -0.15) is 0 Å². The van der Waals surface area contributed by atoms with Crippen LogP contribution in [-0.2, 0) is 4.79 Å². The third-order valence-corrected chi connectivity index (χ3v) is 4.52. The maximum absolute atomic E-state index is 11.9. The molecule has 2 rings (SSSR count). The molecule has 0 aliphatic rings. The van der Waals surface area contributed by atoms with Gasteiger partial charge in [-0.25, -0.2) is 4.79 Å². The van der Waals surface area contributed by atoms with Crippen molar-refractivity contribution >= 4 is 33.6 Å². The molecule has 3 N–H and O–H groups in total. The Hall–Kier alpha value is -2.34. The van der Waals surface area contributed by atoms with Crippen LogP contribution in [0.4, 0.5) is 10.5 Å². The van der Waals surface area contributed by atoms with Gasteiger partial charge in [-0.3, -0.25) is 4.79 Å². The van der Waals surface area contributed by atoms with Crippen LogP contribution in [0.3, 0.4) is 0 Å². The van der Waals surface area contributed by atoms with E-state index >= 15 is 0 Å². The Bertz CT molecular complexity index is 707. The van der Waals surface area contributed by atoms with E-state index in [9.17, 15) is 9.59 Å². The Labute approximate surface area is 156 Å². The van der Waals surface area contributed by atoms with E-state index in [1.54, 1.807) is 6.07 Å². The van der Waals surface area contributed by atoms with E-state index in [2.05, 4.69) is 50.9 Å². The summed E-state index contributed by atoms with van der Waals surface area (Å²) < 4.78 is 0.793. The average Bonchev–Trinajstić information content (AvgIpc) is 2.63. The van der Waals surface area contributed by atoms with E-state index in [4.69, 9.17) is 0 Å². The van der Waals surface area contributed by atoms with Crippen molar-refractivity contribution < 1.29 is 9.59 Å². The SMILES string of the molecule is CC[C@H](CNC(=O)NCC(=O)Nc1ccccc1Br)c1ccccc1. The molecule has 0 radical (unpaired) electrons. The Balaban J connectivity index is 1.75. The Morgan fingerprint density at radius 3 is 2.36 bits per heavy atom. The third-order valence-electron chi connectivity index (χ3n) is 3.83. The van der Waals surface area contributed by atoms with Crippen LogP contribution in [0.25, 0.3) is 0 Å². The van der Waals surface area contributed by atoms with Gasteiger partial charge < -0.3 is 16.0 Å². The van der Waals surface area contributed by atoms with Crippen LogP contribution >= 0.6 is 15.9 Å². The Morgan fingerprint density at radius 2 is 1.68 bits per heavy atom. The molecule has 5 nitrogen and oxygen atoms in total. The number of urea groups is 1. The van der Waals surface area contributed by atoms with Gasteiger partial charge in [0.25, 0.3) is 0 Å². The monoisotopic (exact) mass is 403 g/mol. The Morgan fingerprint density at radius 1 is 1.00 bits per heavy atom. The molecule has 6 heteroatoms. The fraction of sp³-hybridized carbons (Fsp3) is 0.263. The summed E-state index contributed by atoms with van der Waals surface area (Å²) in [5, 5.41) is 8.14. The number of carbonyl (C=O) groups excluding carboxylic acids is 2. The second-order valence-electron chi connectivity index (χ2n) is 5.61. The van der Waals surface area contributed by atoms with Crippen molar-refractivity contribution in [2.24, 2.45) is 0 Å². The van der Waals surface area contributed by atoms with E-state index in [1.165, 1.54) is 5.56 Å². The minimum atomic E-state index is -0.350. The number of para-hydroxylation sites is 1. The highest BCUT2D eigenvalue weighted by Crippen LogP contribution is 2.21. The summed E-state index contributed by atoms with van der Waals surface area (Å²) >= 11 is 3.36. The molecule has 2 aromatic carbocycles. The molecular formula is C19H22BrN3O2. The van der Waals surface area contributed by atoms with Gasteiger partial charge >= 0.3 is 6.03 Å². The van der Waals surface area contributed by atoms with Crippen molar-refractivity contribution in [2.45, 2.75) is 19.3 Å². The minimum Gasteiger partial charge on any atom is -0.338 e. The Kier molecular flexibility index (Phi) is 7.47. The van der Waals surface area contributed by atoms with Crippen molar-refractivity contribution in [3.63, 3.8) is 0 Å². The topological polar surface area (TPSA) is 70.2 Å². The molecular weight excluding hydrogens is 382 g/mol. The largest absolute Gasteiger partial charge is 0.338 e. The van der Waals surface area contributed by atoms with Crippen molar-refractivity contribution in [1.29, 1.82) is 0 Å². The van der Waals surface area contributed by atoms with E-state index in [0.717, 1.165) is 10.9 Å². The van der Waals surface area contributed by atoms with Crippen LogP contribution in [0.5, 0.6) is 0 Å². The lowest BCUT2D eigenvalue weighted by atomic mass is 9.97. The predicted molar refractivity (Wildman–Crippen MR) is 104 cm³/mol. The van der Waals surface area contributed by atoms with Gasteiger partial charge in [0.05, 0.1) is 12.2 Å². The van der Waals surface area contributed by atoms with Crippen LogP contribution in [0.1, 0.15) is 24.8 Å². The van der Waals surface area contributed by atoms with Crippen LogP contribution in [0.2, 0.25) is 0 Å². The molecule has 0 aromatic heterocycles. The lowest BCUT2D eigenvalue weighted by Gasteiger charge is -2.16. The fourth-order valence-corrected chi connectivity index (χ4v) is 2.80. The summed E-state index contributed by atoms with van der Waals surface area (Å²) in [5.41, 5.74) is 1.86. The van der Waals surface area contributed by atoms with E-state index in [0.29, 0.717) is 12.2 Å². The number of carbonyl (C=O) groups is 2. The van der Waals surface area contributed by atoms with Crippen LogP contribution in [0.15, 0.2) is 59.1 Å². The quantitative estimate of drug-likeness (QED) is 0.656. The molecule has 0 saturated heterocycles. The number of anilines is 1. The molecule has 0 fully saturated rings. The molecule has 3 amide bonds. The van der Waals surface area contributed by atoms with E-state index in [1.807, 2.05) is 36.4 Å². The van der Waals surface area contributed by atoms with E-state index in [-0.39, 0.29) is 24.4 Å². The molecule has 0 spiro atoms. The predicted octanol–water partition coefficient (Wildman–Crippen LogP) is 3.88. The summed E-state index contributed by atoms with van der Waals surface area (Å²) in [6.45, 7) is 2.52. The zero-order chi connectivity index (χ0) is 18.1. The number of hydrogen-bond acceptors (Lipinski definition) is 2. The van der Waals surface area contributed by atoms with Crippen molar-refractivity contribution in [3.05, 3.63) is 64.6 Å². The number of halogens is 1. The van der Waals surface area contributed by atoms with Crippen molar-refractivity contribution in [3.8, 4) is 0 Å². The van der Waals surface area contributed by atoms with Gasteiger partial charge in [0.2, 0.25) is 5.91 Å². The molecule has 0 saturated carbocycles. The van der Waals surface area contributed by atoms with Gasteiger partial charge in [-0.15, -0.1) is 0 Å². The number of amides is 3. The molecule has 0 bridgehead atoms. The first kappa shape index (κ1) is 19.0. The highest BCUT2D eigenvalue weighted by Gasteiger charge is 2.11. The van der Waals surface area contributed by atoms with Gasteiger partial charge in [0, 0.05) is 16.9 Å². The first-order valence-electron chi connectivity index (χ1n) is 8.21. The maximum Gasteiger partial charge on any atom is 0.315 e. The summed E-state index contributed by atoms with van der Waals surface area (Å²) in [4.78, 5) is 23.8. The molecule has 1 atom stereocenters. The molecule has 0 aliphatic carbocycles. The number of hydrogen-bond donors (Lipinski definition) is 3. The molecule has 0 aliphatic heterocycles. The van der Waals surface area contributed by atoms with Crippen LogP contribution in [-0.4, -0.2) is 25.0 Å². The zero-order valence-corrected chi connectivity index (χ0v) is 15.7. The second-order valence-corrected chi connectivity index (χ2v) is 6.46. The van der Waals surface area contributed by atoms with Crippen molar-refractivity contribution in [1.82, 2.24) is 10.6 Å². The van der Waals surface area contributed by atoms with Gasteiger partial charge in [0.15, 0.2) is 0 Å². The average molecular weight is 404 g/mol. The van der Waals surface area contributed by atoms with Gasteiger partial charge in [0.1, 0.15) is 0 Å². The maximum atomic E-state index is 11.9. The summed E-state index contributed by atoms with van der Waals surface area (Å²) in [5.74, 6) is -0.0294. The standard InChI is InChI=1S/C19H22BrN3O2/c1-2-14(15-8-4-3-5-9-15)12-21-19(25)22-13-18(24)23-17-11-7-6-10-16(17)20/h3-11,14H,2,12-13H2,1H3,(H,23,24)(H2,21,22,25)/t14-/m1/s1. The summed E-state index contributed by atoms with van der Waals surface area (Å²) in [6, 6.07) is 17.0. The van der Waals surface area contributed by atoms with Crippen molar-refractivity contribution in [2.75, 3.05) is 18.4 Å². The van der Waals surface area contributed by atoms with Gasteiger partial charge in [-0.05, 0) is 40.0 Å². The van der Waals surface area contributed by atoms with Crippen LogP contribution in [0, 0.1) is 0 Å². The fourth-order valence-electron chi connectivity index (χ4n) is 2.42. The highest BCUT2D eigenvalue weighted by molar-refractivity contribution is 9.10. The number of nitrogens with one attached hydrogen (secondary N) is 3. The molecule has 0 heterocycles. The minimum absolute atomic E-state index is 0.0880. The van der Waals surface area contributed by atoms with Gasteiger partial charge in [-0.1, -0.05) is 49.4 Å². The lowest BCUT2D eigenvalue weighted by Crippen LogP contribution is -2.41. The van der Waals surface area contributed by atoms with E-state index < -0.39 is 0 Å². The second kappa shape index (κ2) is 9.84.